The number of phenolic OH excluding ortho intramolecular Hbond substituents is 1. The number of nitrogens with zero attached hydrogens (tertiary/aromatic N) is 2. The van der Waals surface area contributed by atoms with Gasteiger partial charge in [0.15, 0.2) is 0 Å². The number of hydrogen-bond acceptors (Lipinski definition) is 4. The summed E-state index contributed by atoms with van der Waals surface area (Å²) in [5.41, 5.74) is 5.58. The summed E-state index contributed by atoms with van der Waals surface area (Å²) in [6, 6.07) is 18.6. The molecular formula is C28H27F3N2O5. The molecule has 0 amide bonds. The highest BCUT2D eigenvalue weighted by Crippen LogP contribution is 2.30. The average molecular weight is 529 g/mol. The maximum absolute atomic E-state index is 11.5. The second-order valence-electron chi connectivity index (χ2n) is 8.67. The third kappa shape index (κ3) is 6.50. The summed E-state index contributed by atoms with van der Waals surface area (Å²) in [5, 5.41) is 27.1. The number of hydrogen-bond donors (Lipinski definition) is 3. The van der Waals surface area contributed by atoms with Crippen LogP contribution in [0.2, 0.25) is 0 Å². The van der Waals surface area contributed by atoms with Crippen molar-refractivity contribution in [2.75, 3.05) is 0 Å². The van der Waals surface area contributed by atoms with Crippen molar-refractivity contribution in [2.45, 2.75) is 45.8 Å². The molecule has 0 saturated heterocycles. The van der Waals surface area contributed by atoms with E-state index in [1.165, 1.54) is 0 Å². The van der Waals surface area contributed by atoms with Crippen molar-refractivity contribution < 1.29 is 38.1 Å². The maximum atomic E-state index is 11.5. The molecule has 0 unspecified atom stereocenters. The van der Waals surface area contributed by atoms with Gasteiger partial charge in [-0.15, -0.1) is 0 Å². The number of phenols is 1. The minimum Gasteiger partial charge on any atom is -0.506 e. The summed E-state index contributed by atoms with van der Waals surface area (Å²) in [7, 11) is 0. The zero-order valence-electron chi connectivity index (χ0n) is 20.8. The average Bonchev–Trinajstić information content (AvgIpc) is 3.24. The van der Waals surface area contributed by atoms with Gasteiger partial charge >= 0.3 is 18.1 Å². The Bertz CT molecular complexity index is 1440. The Morgan fingerprint density at radius 2 is 1.61 bits per heavy atom. The molecule has 3 N–H and O–H groups in total. The zero-order valence-corrected chi connectivity index (χ0v) is 20.8. The Morgan fingerprint density at radius 3 is 2.18 bits per heavy atom. The summed E-state index contributed by atoms with van der Waals surface area (Å²) < 4.78 is 33.8. The molecule has 3 aromatic carbocycles. The van der Waals surface area contributed by atoms with Crippen molar-refractivity contribution in [3.63, 3.8) is 0 Å². The van der Waals surface area contributed by atoms with E-state index < -0.39 is 18.1 Å². The predicted molar refractivity (Wildman–Crippen MR) is 136 cm³/mol. The number of rotatable bonds is 7. The van der Waals surface area contributed by atoms with Gasteiger partial charge in [-0.05, 0) is 47.7 Å². The minimum absolute atomic E-state index is 0.239. The van der Waals surface area contributed by atoms with Crippen molar-refractivity contribution in [1.82, 2.24) is 9.55 Å². The lowest BCUT2D eigenvalue weighted by molar-refractivity contribution is -0.192. The Hall–Kier alpha value is -4.34. The van der Waals surface area contributed by atoms with Gasteiger partial charge in [0.05, 0.1) is 11.1 Å². The van der Waals surface area contributed by atoms with Crippen LogP contribution in [0.15, 0.2) is 60.7 Å². The fourth-order valence-corrected chi connectivity index (χ4v) is 3.99. The number of carboxylic acid groups (broad SMARTS) is 2. The van der Waals surface area contributed by atoms with Crippen LogP contribution in [0.1, 0.15) is 47.1 Å². The van der Waals surface area contributed by atoms with Crippen LogP contribution in [0.25, 0.3) is 22.2 Å². The second kappa shape index (κ2) is 11.8. The van der Waals surface area contributed by atoms with E-state index in [0.29, 0.717) is 12.1 Å². The first-order valence-electron chi connectivity index (χ1n) is 11.8. The van der Waals surface area contributed by atoms with Crippen molar-refractivity contribution in [2.24, 2.45) is 0 Å². The monoisotopic (exact) mass is 528 g/mol. The molecule has 0 atom stereocenters. The molecule has 4 aromatic rings. The first-order chi connectivity index (χ1) is 17.9. The van der Waals surface area contributed by atoms with Crippen LogP contribution in [-0.2, 0) is 17.8 Å². The highest BCUT2D eigenvalue weighted by atomic mass is 19.4. The van der Waals surface area contributed by atoms with Gasteiger partial charge in [-0.25, -0.2) is 14.6 Å². The first-order valence-corrected chi connectivity index (χ1v) is 11.8. The van der Waals surface area contributed by atoms with Crippen LogP contribution < -0.4 is 0 Å². The SMILES string of the molecule is CCCCc1nc2c(C)ccc(O)c2n1Cc1ccc(-c2ccccc2C(=O)O)cc1.O=C(O)C(F)(F)F. The summed E-state index contributed by atoms with van der Waals surface area (Å²) in [6.45, 7) is 4.76. The number of carbonyl (C=O) groups is 2. The molecule has 1 heterocycles. The molecule has 0 aliphatic heterocycles. The van der Waals surface area contributed by atoms with E-state index in [0.717, 1.165) is 52.8 Å². The number of aryl methyl sites for hydroxylation is 2. The second-order valence-corrected chi connectivity index (χ2v) is 8.67. The molecule has 0 radical (unpaired) electrons. The van der Waals surface area contributed by atoms with Crippen LogP contribution in [0, 0.1) is 6.92 Å². The number of aromatic carboxylic acids is 1. The van der Waals surface area contributed by atoms with E-state index in [9.17, 15) is 28.2 Å². The quantitative estimate of drug-likeness (QED) is 0.255. The molecule has 200 valence electrons. The molecule has 0 spiro atoms. The number of alkyl halides is 3. The maximum Gasteiger partial charge on any atom is 0.490 e. The van der Waals surface area contributed by atoms with Gasteiger partial charge in [0.1, 0.15) is 17.1 Å². The van der Waals surface area contributed by atoms with E-state index >= 15 is 0 Å². The molecule has 0 saturated carbocycles. The van der Waals surface area contributed by atoms with E-state index in [1.54, 1.807) is 18.2 Å². The molecule has 4 rings (SSSR count). The lowest BCUT2D eigenvalue weighted by Crippen LogP contribution is -2.21. The fourth-order valence-electron chi connectivity index (χ4n) is 3.99. The predicted octanol–water partition coefficient (Wildman–Crippen LogP) is 6.44. The topological polar surface area (TPSA) is 113 Å². The number of benzene rings is 3. The standard InChI is InChI=1S/C26H26N2O3.C2HF3O2/c1-3-4-9-23-27-24-17(2)10-15-22(29)25(24)28(23)16-18-11-13-19(14-12-18)20-7-5-6-8-21(20)26(30)31;3-2(4,5)1(6)7/h5-8,10-15,29H,3-4,9,16H2,1-2H3,(H,30,31);(H,6,7). The lowest BCUT2D eigenvalue weighted by atomic mass is 9.99. The van der Waals surface area contributed by atoms with Crippen molar-refractivity contribution in [3.8, 4) is 16.9 Å². The summed E-state index contributed by atoms with van der Waals surface area (Å²) in [6.07, 6.45) is -2.12. The highest BCUT2D eigenvalue weighted by molar-refractivity contribution is 5.96. The number of aromatic nitrogens is 2. The zero-order chi connectivity index (χ0) is 28.0. The van der Waals surface area contributed by atoms with Gasteiger partial charge in [-0.3, -0.25) is 0 Å². The summed E-state index contributed by atoms with van der Waals surface area (Å²) in [5.74, 6) is -2.48. The largest absolute Gasteiger partial charge is 0.506 e. The molecule has 38 heavy (non-hydrogen) atoms. The van der Waals surface area contributed by atoms with Crippen molar-refractivity contribution in [1.29, 1.82) is 0 Å². The van der Waals surface area contributed by atoms with Crippen LogP contribution in [0.5, 0.6) is 5.75 Å². The Labute approximate surface area is 216 Å². The van der Waals surface area contributed by atoms with Crippen LogP contribution in [-0.4, -0.2) is 43.0 Å². The fraction of sp³-hybridized carbons (Fsp3) is 0.250. The number of aliphatic carboxylic acids is 1. The minimum atomic E-state index is -5.08. The van der Waals surface area contributed by atoms with Crippen LogP contribution >= 0.6 is 0 Å². The van der Waals surface area contributed by atoms with Crippen LogP contribution in [0.3, 0.4) is 0 Å². The van der Waals surface area contributed by atoms with Crippen molar-refractivity contribution >= 4 is 23.0 Å². The molecule has 0 aliphatic carbocycles. The number of aromatic hydroxyl groups is 1. The number of unbranched alkanes of at least 4 members (excludes halogenated alkanes) is 1. The molecule has 7 nitrogen and oxygen atoms in total. The number of imidazole rings is 1. The molecular weight excluding hydrogens is 501 g/mol. The first kappa shape index (κ1) is 28.2. The molecule has 0 fully saturated rings. The highest BCUT2D eigenvalue weighted by Gasteiger charge is 2.38. The summed E-state index contributed by atoms with van der Waals surface area (Å²) in [4.78, 5) is 25.3. The molecule has 0 aliphatic rings. The smallest absolute Gasteiger partial charge is 0.490 e. The molecule has 0 bridgehead atoms. The van der Waals surface area contributed by atoms with Gasteiger partial charge in [0, 0.05) is 13.0 Å². The number of halogens is 3. The molecule has 10 heteroatoms. The van der Waals surface area contributed by atoms with Crippen molar-refractivity contribution in [3.05, 3.63) is 83.2 Å². The third-order valence-corrected chi connectivity index (χ3v) is 5.91. The van der Waals surface area contributed by atoms with E-state index in [2.05, 4.69) is 11.5 Å². The van der Waals surface area contributed by atoms with Gasteiger partial charge in [0.25, 0.3) is 0 Å². The normalized spacial score (nSPS) is 11.2. The van der Waals surface area contributed by atoms with E-state index in [1.807, 2.05) is 49.4 Å². The Balaban J connectivity index is 0.000000505. The Morgan fingerprint density at radius 1 is 0.974 bits per heavy atom. The lowest BCUT2D eigenvalue weighted by Gasteiger charge is -2.12. The summed E-state index contributed by atoms with van der Waals surface area (Å²) >= 11 is 0. The number of fused-ring (bicyclic) bond motifs is 1. The van der Waals surface area contributed by atoms with E-state index in [-0.39, 0.29) is 11.3 Å². The molecule has 1 aromatic heterocycles. The van der Waals surface area contributed by atoms with Crippen LogP contribution in [0.4, 0.5) is 13.2 Å². The Kier molecular flexibility index (Phi) is 8.77. The third-order valence-electron chi connectivity index (χ3n) is 5.91. The van der Waals surface area contributed by atoms with Gasteiger partial charge in [-0.1, -0.05) is 61.9 Å². The van der Waals surface area contributed by atoms with Gasteiger partial charge in [0.2, 0.25) is 0 Å². The van der Waals surface area contributed by atoms with Gasteiger partial charge in [-0.2, -0.15) is 13.2 Å². The van der Waals surface area contributed by atoms with Gasteiger partial charge < -0.3 is 19.9 Å². The number of carboxylic acids is 2. The van der Waals surface area contributed by atoms with E-state index in [4.69, 9.17) is 14.9 Å².